The molecular weight excluding hydrogens is 260 g/mol. The summed E-state index contributed by atoms with van der Waals surface area (Å²) in [6.07, 6.45) is 2.90. The molecule has 2 rings (SSSR count). The smallest absolute Gasteiger partial charge is 0.328 e. The highest BCUT2D eigenvalue weighted by Gasteiger charge is 2.22. The summed E-state index contributed by atoms with van der Waals surface area (Å²) < 4.78 is 0. The van der Waals surface area contributed by atoms with Gasteiger partial charge in [0.25, 0.3) is 0 Å². The van der Waals surface area contributed by atoms with Gasteiger partial charge < -0.3 is 10.0 Å². The largest absolute Gasteiger partial charge is 0.478 e. The summed E-state index contributed by atoms with van der Waals surface area (Å²) in [7, 11) is 2.15. The quantitative estimate of drug-likeness (QED) is 0.857. The predicted molar refractivity (Wildman–Crippen MR) is 78.4 cm³/mol. The van der Waals surface area contributed by atoms with Gasteiger partial charge in [0.1, 0.15) is 0 Å². The van der Waals surface area contributed by atoms with E-state index in [0.29, 0.717) is 6.04 Å². The Morgan fingerprint density at radius 3 is 3.05 bits per heavy atom. The molecule has 1 saturated heterocycles. The van der Waals surface area contributed by atoms with E-state index >= 15 is 0 Å². The first-order valence-electron chi connectivity index (χ1n) is 6.46. The van der Waals surface area contributed by atoms with Crippen molar-refractivity contribution in [2.75, 3.05) is 26.7 Å². The summed E-state index contributed by atoms with van der Waals surface area (Å²) in [5.74, 6) is -0.898. The normalized spacial score (nSPS) is 22.1. The van der Waals surface area contributed by atoms with Crippen LogP contribution < -0.4 is 0 Å². The average Bonchev–Trinajstić information content (AvgIpc) is 2.77. The minimum Gasteiger partial charge on any atom is -0.478 e. The number of nitrogens with zero attached hydrogens (tertiary/aromatic N) is 2. The lowest BCUT2D eigenvalue weighted by atomic mass is 10.1. The van der Waals surface area contributed by atoms with Gasteiger partial charge in [-0.3, -0.25) is 4.90 Å². The van der Waals surface area contributed by atoms with E-state index in [-0.39, 0.29) is 0 Å². The molecule has 5 heteroatoms. The van der Waals surface area contributed by atoms with E-state index in [4.69, 9.17) is 5.11 Å². The Kier molecular flexibility index (Phi) is 4.74. The molecule has 19 heavy (non-hydrogen) atoms. The van der Waals surface area contributed by atoms with E-state index in [1.54, 1.807) is 17.4 Å². The predicted octanol–water partition coefficient (Wildman–Crippen LogP) is 1.98. The van der Waals surface area contributed by atoms with Crippen molar-refractivity contribution >= 4 is 23.4 Å². The molecule has 2 heterocycles. The van der Waals surface area contributed by atoms with Crippen LogP contribution >= 0.6 is 11.3 Å². The Labute approximate surface area is 118 Å². The van der Waals surface area contributed by atoms with Crippen molar-refractivity contribution in [3.63, 3.8) is 0 Å². The maximum atomic E-state index is 10.6. The third-order valence-corrected chi connectivity index (χ3v) is 4.42. The van der Waals surface area contributed by atoms with Crippen molar-refractivity contribution < 1.29 is 9.90 Å². The number of likely N-dealkylation sites (N-methyl/N-ethyl adjacent to an activating group) is 1. The monoisotopic (exact) mass is 280 g/mol. The molecule has 0 spiro atoms. The molecule has 1 aliphatic rings. The van der Waals surface area contributed by atoms with Gasteiger partial charge >= 0.3 is 5.97 Å². The average molecular weight is 280 g/mol. The lowest BCUT2D eigenvalue weighted by Crippen LogP contribution is -2.49. The van der Waals surface area contributed by atoms with Crippen LogP contribution in [0.3, 0.4) is 0 Å². The first-order chi connectivity index (χ1) is 9.06. The van der Waals surface area contributed by atoms with E-state index in [2.05, 4.69) is 23.8 Å². The molecule has 0 aliphatic carbocycles. The molecule has 104 valence electrons. The molecule has 4 nitrogen and oxygen atoms in total. The standard InChI is InChI=1S/C14H20N2O2S/c1-11-9-15(2)6-7-16(11)10-13-12(5-8-19-13)3-4-14(17)18/h3-5,8,11H,6-7,9-10H2,1-2H3,(H,17,18)/b4-3+. The van der Waals surface area contributed by atoms with Crippen molar-refractivity contribution in [2.45, 2.75) is 19.5 Å². The van der Waals surface area contributed by atoms with Gasteiger partial charge in [-0.2, -0.15) is 0 Å². The van der Waals surface area contributed by atoms with Gasteiger partial charge in [0.2, 0.25) is 0 Å². The van der Waals surface area contributed by atoms with E-state index in [1.165, 1.54) is 11.0 Å². The number of hydrogen-bond donors (Lipinski definition) is 1. The molecule has 1 aliphatic heterocycles. The number of piperazine rings is 1. The first-order valence-corrected chi connectivity index (χ1v) is 7.34. The van der Waals surface area contributed by atoms with Crippen LogP contribution in [0.15, 0.2) is 17.5 Å². The zero-order valence-corrected chi connectivity index (χ0v) is 12.2. The van der Waals surface area contributed by atoms with Crippen molar-refractivity contribution in [3.8, 4) is 0 Å². The summed E-state index contributed by atoms with van der Waals surface area (Å²) in [6, 6.07) is 2.53. The van der Waals surface area contributed by atoms with Crippen LogP contribution in [-0.4, -0.2) is 53.6 Å². The second-order valence-corrected chi connectivity index (χ2v) is 6.05. The Hall–Kier alpha value is -1.17. The topological polar surface area (TPSA) is 43.8 Å². The van der Waals surface area contributed by atoms with Crippen LogP contribution in [0, 0.1) is 0 Å². The summed E-state index contributed by atoms with van der Waals surface area (Å²) in [4.78, 5) is 16.6. The van der Waals surface area contributed by atoms with Gasteiger partial charge in [-0.05, 0) is 37.1 Å². The molecule has 0 radical (unpaired) electrons. The fourth-order valence-corrected chi connectivity index (χ4v) is 3.28. The van der Waals surface area contributed by atoms with E-state index < -0.39 is 5.97 Å². The van der Waals surface area contributed by atoms with Gasteiger partial charge in [-0.15, -0.1) is 11.3 Å². The highest BCUT2D eigenvalue weighted by atomic mass is 32.1. The number of carboxylic acid groups (broad SMARTS) is 1. The van der Waals surface area contributed by atoms with Gasteiger partial charge in [0.05, 0.1) is 0 Å². The third-order valence-electron chi connectivity index (χ3n) is 3.50. The summed E-state index contributed by atoms with van der Waals surface area (Å²) >= 11 is 1.70. The van der Waals surface area contributed by atoms with E-state index in [9.17, 15) is 4.79 Å². The van der Waals surface area contributed by atoms with Gasteiger partial charge in [-0.25, -0.2) is 4.79 Å². The van der Waals surface area contributed by atoms with Crippen molar-refractivity contribution in [2.24, 2.45) is 0 Å². The third kappa shape index (κ3) is 3.89. The van der Waals surface area contributed by atoms with Crippen LogP contribution in [0.1, 0.15) is 17.4 Å². The van der Waals surface area contributed by atoms with Gasteiger partial charge in [0.15, 0.2) is 0 Å². The number of carbonyl (C=O) groups is 1. The molecule has 0 amide bonds. The minimum absolute atomic E-state index is 0.539. The Bertz CT molecular complexity index is 470. The Morgan fingerprint density at radius 2 is 2.37 bits per heavy atom. The number of hydrogen-bond acceptors (Lipinski definition) is 4. The molecule has 1 unspecified atom stereocenters. The van der Waals surface area contributed by atoms with Gasteiger partial charge in [-0.1, -0.05) is 0 Å². The molecule has 1 atom stereocenters. The molecule has 0 saturated carbocycles. The van der Waals surface area contributed by atoms with Crippen LogP contribution in [0.4, 0.5) is 0 Å². The number of carboxylic acids is 1. The molecule has 1 N–H and O–H groups in total. The fourth-order valence-electron chi connectivity index (χ4n) is 2.39. The highest BCUT2D eigenvalue weighted by Crippen LogP contribution is 2.22. The number of aliphatic carboxylic acids is 1. The lowest BCUT2D eigenvalue weighted by Gasteiger charge is -2.38. The Morgan fingerprint density at radius 1 is 1.58 bits per heavy atom. The lowest BCUT2D eigenvalue weighted by molar-refractivity contribution is -0.131. The van der Waals surface area contributed by atoms with E-state index in [1.807, 2.05) is 11.4 Å². The number of rotatable bonds is 4. The van der Waals surface area contributed by atoms with Crippen molar-refractivity contribution in [3.05, 3.63) is 28.0 Å². The maximum Gasteiger partial charge on any atom is 0.328 e. The van der Waals surface area contributed by atoms with Crippen LogP contribution in [-0.2, 0) is 11.3 Å². The van der Waals surface area contributed by atoms with Crippen molar-refractivity contribution in [1.82, 2.24) is 9.80 Å². The molecule has 0 bridgehead atoms. The van der Waals surface area contributed by atoms with Gasteiger partial charge in [0, 0.05) is 43.2 Å². The van der Waals surface area contributed by atoms with Crippen LogP contribution in [0.2, 0.25) is 0 Å². The second kappa shape index (κ2) is 6.32. The molecule has 0 aromatic carbocycles. The molecular formula is C14H20N2O2S. The Balaban J connectivity index is 2.03. The summed E-state index contributed by atoms with van der Waals surface area (Å²) in [5, 5.41) is 10.7. The zero-order chi connectivity index (χ0) is 13.8. The molecule has 1 aromatic heterocycles. The first kappa shape index (κ1) is 14.2. The highest BCUT2D eigenvalue weighted by molar-refractivity contribution is 7.10. The zero-order valence-electron chi connectivity index (χ0n) is 11.4. The molecule has 1 fully saturated rings. The summed E-state index contributed by atoms with van der Waals surface area (Å²) in [5.41, 5.74) is 1.03. The fraction of sp³-hybridized carbons (Fsp3) is 0.500. The second-order valence-electron chi connectivity index (χ2n) is 5.05. The SMILES string of the molecule is CC1CN(C)CCN1Cc1sccc1/C=C/C(=O)O. The minimum atomic E-state index is -0.898. The maximum absolute atomic E-state index is 10.6. The van der Waals surface area contributed by atoms with Crippen LogP contribution in [0.5, 0.6) is 0 Å². The molecule has 1 aromatic rings. The van der Waals surface area contributed by atoms with Crippen LogP contribution in [0.25, 0.3) is 6.08 Å². The van der Waals surface area contributed by atoms with Crippen molar-refractivity contribution in [1.29, 1.82) is 0 Å². The van der Waals surface area contributed by atoms with E-state index in [0.717, 1.165) is 31.7 Å². The number of thiophene rings is 1. The summed E-state index contributed by atoms with van der Waals surface area (Å²) in [6.45, 7) is 6.40.